The van der Waals surface area contributed by atoms with Crippen molar-refractivity contribution in [3.05, 3.63) is 0 Å². The van der Waals surface area contributed by atoms with Crippen LogP contribution in [0.25, 0.3) is 0 Å². The average Bonchev–Trinajstić information content (AvgIpc) is 2.00. The van der Waals surface area contributed by atoms with E-state index in [4.69, 9.17) is 11.6 Å². The zero-order valence-corrected chi connectivity index (χ0v) is 7.34. The molecule has 0 aliphatic carbocycles. The molecule has 0 unspecified atom stereocenters. The molecule has 0 spiro atoms. The topological polar surface area (TPSA) is 69.1 Å². The number of nitrogens with zero attached hydrogens (tertiary/aromatic N) is 1. The summed E-state index contributed by atoms with van der Waals surface area (Å²) in [6, 6.07) is 0. The van der Waals surface area contributed by atoms with Gasteiger partial charge in [0, 0.05) is 0 Å². The van der Waals surface area contributed by atoms with Gasteiger partial charge in [-0.2, -0.15) is 5.84 Å². The summed E-state index contributed by atoms with van der Waals surface area (Å²) in [6.45, 7) is 6.32. The minimum absolute atomic E-state index is 0.278. The number of carbonyl (C=O) groups excluding carboxylic acids is 1. The predicted molar refractivity (Wildman–Crippen MR) is 44.2 cm³/mol. The normalized spacial score (nSPS) is 11.5. The van der Waals surface area contributed by atoms with Gasteiger partial charge in [0.2, 0.25) is 5.91 Å². The third-order valence-corrected chi connectivity index (χ3v) is 2.06. The van der Waals surface area contributed by atoms with E-state index >= 15 is 0 Å². The van der Waals surface area contributed by atoms with E-state index in [0.717, 1.165) is 13.1 Å². The van der Waals surface area contributed by atoms with Gasteiger partial charge in [-0.15, -0.1) is 0 Å². The van der Waals surface area contributed by atoms with Crippen molar-refractivity contribution in [2.75, 3.05) is 19.6 Å². The molecular weight excluding hydrogens is 142 g/mol. The Morgan fingerprint density at radius 1 is 1.36 bits per heavy atom. The van der Waals surface area contributed by atoms with E-state index in [0.29, 0.717) is 17.6 Å². The van der Waals surface area contributed by atoms with Crippen LogP contribution in [0.4, 0.5) is 0 Å². The van der Waals surface area contributed by atoms with Gasteiger partial charge in [0.25, 0.3) is 0 Å². The molecule has 0 radical (unpaired) electrons. The fourth-order valence-electron chi connectivity index (χ4n) is 0.873. The van der Waals surface area contributed by atoms with E-state index < -0.39 is 0 Å². The highest BCUT2D eigenvalue weighted by Gasteiger charge is 2.17. The lowest BCUT2D eigenvalue weighted by Crippen LogP contribution is -2.55. The zero-order chi connectivity index (χ0) is 8.91. The van der Waals surface area contributed by atoms with Crippen molar-refractivity contribution in [3.8, 4) is 0 Å². The van der Waals surface area contributed by atoms with Crippen LogP contribution in [0.2, 0.25) is 0 Å². The summed E-state index contributed by atoms with van der Waals surface area (Å²) >= 11 is 0. The monoisotopic (exact) mass is 160 g/mol. The van der Waals surface area contributed by atoms with Crippen LogP contribution in [-0.4, -0.2) is 30.1 Å². The first-order valence-electron chi connectivity index (χ1n) is 3.97. The quantitative estimate of drug-likeness (QED) is 0.326. The van der Waals surface area contributed by atoms with Crippen LogP contribution >= 0.6 is 0 Å². The van der Waals surface area contributed by atoms with E-state index in [2.05, 4.69) is 0 Å². The lowest BCUT2D eigenvalue weighted by molar-refractivity contribution is -0.936. The Morgan fingerprint density at radius 3 is 2.09 bits per heavy atom. The summed E-state index contributed by atoms with van der Waals surface area (Å²) in [5.74, 6) is 5.60. The van der Waals surface area contributed by atoms with E-state index in [1.165, 1.54) is 0 Å². The van der Waals surface area contributed by atoms with Crippen LogP contribution in [0.3, 0.4) is 0 Å². The molecular formula is C7H18N3O+. The van der Waals surface area contributed by atoms with Gasteiger partial charge in [-0.1, -0.05) is 0 Å². The van der Waals surface area contributed by atoms with Crippen molar-refractivity contribution in [1.82, 2.24) is 0 Å². The number of amides is 1. The molecule has 11 heavy (non-hydrogen) atoms. The molecule has 0 fully saturated rings. The van der Waals surface area contributed by atoms with Crippen molar-refractivity contribution in [2.45, 2.75) is 20.3 Å². The third-order valence-electron chi connectivity index (χ3n) is 2.06. The first-order valence-corrected chi connectivity index (χ1v) is 3.97. The highest BCUT2D eigenvalue weighted by atomic mass is 16.1. The van der Waals surface area contributed by atoms with Crippen LogP contribution in [0, 0.1) is 0 Å². The van der Waals surface area contributed by atoms with E-state index in [9.17, 15) is 4.79 Å². The Morgan fingerprint density at radius 2 is 1.82 bits per heavy atom. The number of primary amides is 1. The number of rotatable bonds is 5. The van der Waals surface area contributed by atoms with Crippen LogP contribution in [0.5, 0.6) is 0 Å². The molecule has 4 N–H and O–H groups in total. The number of hydrogen-bond acceptors (Lipinski definition) is 2. The summed E-state index contributed by atoms with van der Waals surface area (Å²) in [7, 11) is 0. The summed E-state index contributed by atoms with van der Waals surface area (Å²) in [5.41, 5.74) is 5.00. The molecule has 0 atom stereocenters. The standard InChI is InChI=1S/C7H17N3O/c1-3-10(9,4-2)6-5-7(8)11/h3-6,9H2,1-2H3,(H-,8,11)/p+1. The van der Waals surface area contributed by atoms with Gasteiger partial charge in [-0.25, -0.2) is 4.59 Å². The molecule has 0 aromatic carbocycles. The minimum Gasteiger partial charge on any atom is -0.369 e. The Balaban J connectivity index is 3.78. The van der Waals surface area contributed by atoms with Gasteiger partial charge < -0.3 is 5.73 Å². The van der Waals surface area contributed by atoms with Crippen LogP contribution in [-0.2, 0) is 4.79 Å². The molecule has 0 bridgehead atoms. The van der Waals surface area contributed by atoms with Crippen LogP contribution in [0.15, 0.2) is 0 Å². The molecule has 0 aliphatic heterocycles. The van der Waals surface area contributed by atoms with Gasteiger partial charge in [0.15, 0.2) is 0 Å². The van der Waals surface area contributed by atoms with Crippen molar-refractivity contribution in [2.24, 2.45) is 11.6 Å². The largest absolute Gasteiger partial charge is 0.369 e. The molecule has 0 rings (SSSR count). The lowest BCUT2D eigenvalue weighted by atomic mass is 10.3. The smallest absolute Gasteiger partial charge is 0.223 e. The zero-order valence-electron chi connectivity index (χ0n) is 7.34. The maximum Gasteiger partial charge on any atom is 0.223 e. The van der Waals surface area contributed by atoms with E-state index in [1.54, 1.807) is 0 Å². The maximum absolute atomic E-state index is 10.4. The van der Waals surface area contributed by atoms with Gasteiger partial charge in [0.1, 0.15) is 6.54 Å². The number of hydrogen-bond donors (Lipinski definition) is 2. The van der Waals surface area contributed by atoms with Gasteiger partial charge in [0.05, 0.1) is 19.5 Å². The number of nitrogens with two attached hydrogens (primary N) is 2. The predicted octanol–water partition coefficient (Wildman–Crippen LogP) is -0.408. The summed E-state index contributed by atoms with van der Waals surface area (Å²) in [6.07, 6.45) is 0.373. The molecule has 4 nitrogen and oxygen atoms in total. The first-order chi connectivity index (χ1) is 5.04. The summed E-state index contributed by atoms with van der Waals surface area (Å²) < 4.78 is 0.433. The molecule has 66 valence electrons. The van der Waals surface area contributed by atoms with Crippen molar-refractivity contribution in [3.63, 3.8) is 0 Å². The summed E-state index contributed by atoms with van der Waals surface area (Å²) in [4.78, 5) is 10.4. The molecule has 0 saturated heterocycles. The maximum atomic E-state index is 10.4. The molecule has 1 amide bonds. The van der Waals surface area contributed by atoms with Crippen LogP contribution < -0.4 is 11.6 Å². The van der Waals surface area contributed by atoms with Crippen molar-refractivity contribution >= 4 is 5.91 Å². The van der Waals surface area contributed by atoms with Gasteiger partial charge >= 0.3 is 0 Å². The van der Waals surface area contributed by atoms with Gasteiger partial charge in [-0.3, -0.25) is 4.79 Å². The highest BCUT2D eigenvalue weighted by Crippen LogP contribution is 1.97. The summed E-state index contributed by atoms with van der Waals surface area (Å²) in [5, 5.41) is 0. The molecule has 0 saturated carbocycles. The Bertz CT molecular complexity index is 132. The number of quaternary nitrogens is 1. The minimum atomic E-state index is -0.278. The third kappa shape index (κ3) is 3.95. The molecule has 0 aromatic rings. The van der Waals surface area contributed by atoms with Gasteiger partial charge in [-0.05, 0) is 13.8 Å². The Labute approximate surface area is 67.7 Å². The number of carbonyl (C=O) groups is 1. The second-order valence-electron chi connectivity index (χ2n) is 2.79. The van der Waals surface area contributed by atoms with Crippen molar-refractivity contribution < 1.29 is 9.39 Å². The Hall–Kier alpha value is -0.610. The molecule has 0 heterocycles. The van der Waals surface area contributed by atoms with E-state index in [1.807, 2.05) is 13.8 Å². The molecule has 0 aliphatic rings. The first kappa shape index (κ1) is 10.4. The highest BCUT2D eigenvalue weighted by molar-refractivity contribution is 5.73. The van der Waals surface area contributed by atoms with Crippen molar-refractivity contribution in [1.29, 1.82) is 0 Å². The fourth-order valence-corrected chi connectivity index (χ4v) is 0.873. The lowest BCUT2D eigenvalue weighted by Gasteiger charge is -2.29. The second kappa shape index (κ2) is 4.31. The van der Waals surface area contributed by atoms with Crippen LogP contribution in [0.1, 0.15) is 20.3 Å². The van der Waals surface area contributed by atoms with E-state index in [-0.39, 0.29) is 5.91 Å². The molecule has 4 heteroatoms. The fraction of sp³-hybridized carbons (Fsp3) is 0.857. The second-order valence-corrected chi connectivity index (χ2v) is 2.79. The average molecular weight is 160 g/mol. The Kier molecular flexibility index (Phi) is 4.07. The SMILES string of the molecule is CC[N+](N)(CC)CCC(N)=O. The molecule has 0 aromatic heterocycles.